The van der Waals surface area contributed by atoms with Gasteiger partial charge < -0.3 is 10.6 Å². The quantitative estimate of drug-likeness (QED) is 0.891. The fraction of sp³-hybridized carbons (Fsp3) is 0.588. The van der Waals surface area contributed by atoms with Crippen LogP contribution in [0.4, 0.5) is 4.39 Å². The van der Waals surface area contributed by atoms with Crippen molar-refractivity contribution in [1.82, 2.24) is 10.6 Å². The van der Waals surface area contributed by atoms with Crippen LogP contribution < -0.4 is 10.6 Å². The summed E-state index contributed by atoms with van der Waals surface area (Å²) < 4.78 is 13.2. The second-order valence-corrected chi connectivity index (χ2v) is 7.21. The number of carbonyl (C=O) groups is 1. The maximum absolute atomic E-state index is 13.2. The van der Waals surface area contributed by atoms with Crippen LogP contribution in [0.5, 0.6) is 0 Å². The summed E-state index contributed by atoms with van der Waals surface area (Å²) >= 11 is 6.14. The molecule has 122 valence electrons. The normalized spacial score (nSPS) is 22.4. The van der Waals surface area contributed by atoms with E-state index < -0.39 is 0 Å². The Morgan fingerprint density at radius 3 is 2.86 bits per heavy atom. The topological polar surface area (TPSA) is 41.1 Å². The molecule has 1 aliphatic heterocycles. The standard InChI is InChI=1S/C17H24ClFN2O/c1-11-8-12(6-7-20-11)16(22)21-10-17(2,3)14-5-4-13(19)9-15(14)18/h4-5,9,11-12,20H,6-8,10H2,1-3H3,(H,21,22)/t11-,12-/m0/s1. The number of halogens is 2. The number of amides is 1. The van der Waals surface area contributed by atoms with Crippen molar-refractivity contribution in [2.45, 2.75) is 45.1 Å². The molecule has 0 radical (unpaired) electrons. The van der Waals surface area contributed by atoms with Crippen molar-refractivity contribution in [2.75, 3.05) is 13.1 Å². The molecule has 2 N–H and O–H groups in total. The van der Waals surface area contributed by atoms with Crippen LogP contribution in [0, 0.1) is 11.7 Å². The number of benzene rings is 1. The lowest BCUT2D eigenvalue weighted by Crippen LogP contribution is -2.45. The number of piperidine rings is 1. The summed E-state index contributed by atoms with van der Waals surface area (Å²) in [5, 5.41) is 6.78. The lowest BCUT2D eigenvalue weighted by molar-refractivity contribution is -0.126. The number of rotatable bonds is 4. The van der Waals surface area contributed by atoms with Gasteiger partial charge >= 0.3 is 0 Å². The molecule has 0 aromatic heterocycles. The highest BCUT2D eigenvalue weighted by Crippen LogP contribution is 2.30. The molecular formula is C17H24ClFN2O. The van der Waals surface area contributed by atoms with Gasteiger partial charge in [-0.3, -0.25) is 4.79 Å². The highest BCUT2D eigenvalue weighted by molar-refractivity contribution is 6.31. The van der Waals surface area contributed by atoms with E-state index in [4.69, 9.17) is 11.6 Å². The predicted octanol–water partition coefficient (Wildman–Crippen LogP) is 3.26. The van der Waals surface area contributed by atoms with Crippen molar-refractivity contribution in [1.29, 1.82) is 0 Å². The maximum atomic E-state index is 13.2. The van der Waals surface area contributed by atoms with Gasteiger partial charge in [0.15, 0.2) is 0 Å². The van der Waals surface area contributed by atoms with Crippen molar-refractivity contribution in [3.05, 3.63) is 34.6 Å². The third kappa shape index (κ3) is 4.20. The van der Waals surface area contributed by atoms with Gasteiger partial charge in [0.05, 0.1) is 0 Å². The zero-order chi connectivity index (χ0) is 16.3. The number of hydrogen-bond donors (Lipinski definition) is 2. The third-order valence-electron chi connectivity index (χ3n) is 4.36. The van der Waals surface area contributed by atoms with Crippen LogP contribution in [0.15, 0.2) is 18.2 Å². The van der Waals surface area contributed by atoms with Gasteiger partial charge in [-0.1, -0.05) is 31.5 Å². The molecule has 0 spiro atoms. The molecular weight excluding hydrogens is 303 g/mol. The summed E-state index contributed by atoms with van der Waals surface area (Å²) in [6.45, 7) is 7.46. The van der Waals surface area contributed by atoms with Gasteiger partial charge in [-0.2, -0.15) is 0 Å². The van der Waals surface area contributed by atoms with Gasteiger partial charge in [-0.15, -0.1) is 0 Å². The Balaban J connectivity index is 1.98. The van der Waals surface area contributed by atoms with E-state index in [9.17, 15) is 9.18 Å². The van der Waals surface area contributed by atoms with Gasteiger partial charge in [-0.25, -0.2) is 4.39 Å². The Bertz CT molecular complexity index is 547. The first-order valence-corrected chi connectivity index (χ1v) is 8.14. The molecule has 0 saturated carbocycles. The lowest BCUT2D eigenvalue weighted by Gasteiger charge is -2.30. The smallest absolute Gasteiger partial charge is 0.223 e. The van der Waals surface area contributed by atoms with Gasteiger partial charge in [0.25, 0.3) is 0 Å². The minimum Gasteiger partial charge on any atom is -0.355 e. The molecule has 5 heteroatoms. The van der Waals surface area contributed by atoms with E-state index in [0.717, 1.165) is 24.9 Å². The molecule has 1 amide bonds. The first-order valence-electron chi connectivity index (χ1n) is 7.76. The van der Waals surface area contributed by atoms with Gasteiger partial charge in [0, 0.05) is 28.9 Å². The summed E-state index contributed by atoms with van der Waals surface area (Å²) in [5.41, 5.74) is 0.494. The summed E-state index contributed by atoms with van der Waals surface area (Å²) in [4.78, 5) is 12.3. The maximum Gasteiger partial charge on any atom is 0.223 e. The number of carbonyl (C=O) groups excluding carboxylic acids is 1. The second kappa shape index (κ2) is 6.97. The van der Waals surface area contributed by atoms with Crippen LogP contribution in [-0.4, -0.2) is 25.0 Å². The zero-order valence-corrected chi connectivity index (χ0v) is 14.1. The Hall–Kier alpha value is -1.13. The van der Waals surface area contributed by atoms with Gasteiger partial charge in [-0.05, 0) is 44.0 Å². The fourth-order valence-corrected chi connectivity index (χ4v) is 3.38. The summed E-state index contributed by atoms with van der Waals surface area (Å²) in [6, 6.07) is 4.79. The predicted molar refractivity (Wildman–Crippen MR) is 87.6 cm³/mol. The average Bonchev–Trinajstić information content (AvgIpc) is 2.44. The van der Waals surface area contributed by atoms with Crippen LogP contribution >= 0.6 is 11.6 Å². The molecule has 1 aromatic rings. The summed E-state index contributed by atoms with van der Waals surface area (Å²) in [5.74, 6) is -0.187. The molecule has 1 saturated heterocycles. The SMILES string of the molecule is C[C@H]1C[C@@H](C(=O)NCC(C)(C)c2ccc(F)cc2Cl)CCN1. The van der Waals surface area contributed by atoms with E-state index >= 15 is 0 Å². The number of hydrogen-bond acceptors (Lipinski definition) is 2. The third-order valence-corrected chi connectivity index (χ3v) is 4.67. The lowest BCUT2D eigenvalue weighted by atomic mass is 9.84. The van der Waals surface area contributed by atoms with E-state index in [-0.39, 0.29) is 23.1 Å². The van der Waals surface area contributed by atoms with E-state index in [1.807, 2.05) is 13.8 Å². The molecule has 0 aliphatic carbocycles. The molecule has 1 aliphatic rings. The first kappa shape index (κ1) is 17.2. The van der Waals surface area contributed by atoms with E-state index in [2.05, 4.69) is 17.6 Å². The Labute approximate surface area is 136 Å². The van der Waals surface area contributed by atoms with Crippen LogP contribution in [0.2, 0.25) is 5.02 Å². The second-order valence-electron chi connectivity index (χ2n) is 6.80. The Morgan fingerprint density at radius 2 is 2.23 bits per heavy atom. The van der Waals surface area contributed by atoms with Crippen LogP contribution in [-0.2, 0) is 10.2 Å². The number of nitrogens with one attached hydrogen (secondary N) is 2. The summed E-state index contributed by atoms with van der Waals surface area (Å²) in [7, 11) is 0. The molecule has 2 rings (SSSR count). The Kier molecular flexibility index (Phi) is 5.45. The van der Waals surface area contributed by atoms with Crippen LogP contribution in [0.1, 0.15) is 39.2 Å². The summed E-state index contributed by atoms with van der Waals surface area (Å²) in [6.07, 6.45) is 1.73. The van der Waals surface area contributed by atoms with Gasteiger partial charge in [0.2, 0.25) is 5.91 Å². The van der Waals surface area contributed by atoms with Crippen molar-refractivity contribution >= 4 is 17.5 Å². The largest absolute Gasteiger partial charge is 0.355 e. The van der Waals surface area contributed by atoms with E-state index in [1.54, 1.807) is 6.07 Å². The minimum absolute atomic E-state index is 0.0655. The van der Waals surface area contributed by atoms with Crippen molar-refractivity contribution in [3.8, 4) is 0 Å². The minimum atomic E-state index is -0.350. The molecule has 1 fully saturated rings. The van der Waals surface area contributed by atoms with Gasteiger partial charge in [0.1, 0.15) is 5.82 Å². The molecule has 22 heavy (non-hydrogen) atoms. The van der Waals surface area contributed by atoms with Crippen molar-refractivity contribution in [3.63, 3.8) is 0 Å². The van der Waals surface area contributed by atoms with Crippen molar-refractivity contribution < 1.29 is 9.18 Å². The van der Waals surface area contributed by atoms with Crippen LogP contribution in [0.3, 0.4) is 0 Å². The van der Waals surface area contributed by atoms with E-state index in [1.165, 1.54) is 12.1 Å². The molecule has 1 aromatic carbocycles. The van der Waals surface area contributed by atoms with Crippen molar-refractivity contribution in [2.24, 2.45) is 5.92 Å². The molecule has 0 bridgehead atoms. The Morgan fingerprint density at radius 1 is 1.50 bits per heavy atom. The fourth-order valence-electron chi connectivity index (χ4n) is 2.96. The molecule has 0 unspecified atom stereocenters. The highest BCUT2D eigenvalue weighted by Gasteiger charge is 2.28. The molecule has 2 atom stereocenters. The molecule has 1 heterocycles. The monoisotopic (exact) mass is 326 g/mol. The zero-order valence-electron chi connectivity index (χ0n) is 13.4. The molecule has 3 nitrogen and oxygen atoms in total. The first-order chi connectivity index (χ1) is 10.3. The van der Waals surface area contributed by atoms with Crippen LogP contribution in [0.25, 0.3) is 0 Å². The van der Waals surface area contributed by atoms with E-state index in [0.29, 0.717) is 17.6 Å². The highest BCUT2D eigenvalue weighted by atomic mass is 35.5. The average molecular weight is 327 g/mol.